The molecule has 1 N–H and O–H groups in total. The predicted octanol–water partition coefficient (Wildman–Crippen LogP) is 6.33. The smallest absolute Gasteiger partial charge is 0.227 e. The van der Waals surface area contributed by atoms with Gasteiger partial charge in [-0.15, -0.1) is 0 Å². The second-order valence-electron chi connectivity index (χ2n) is 11.2. The van der Waals surface area contributed by atoms with Crippen LogP contribution >= 0.6 is 11.6 Å². The lowest BCUT2D eigenvalue weighted by molar-refractivity contribution is -0.576. The van der Waals surface area contributed by atoms with E-state index >= 15 is 0 Å². The van der Waals surface area contributed by atoms with Crippen molar-refractivity contribution in [3.63, 3.8) is 0 Å². The highest BCUT2D eigenvalue weighted by molar-refractivity contribution is 6.31. The fraction of sp³-hybridized carbons (Fsp3) is 0.314. The van der Waals surface area contributed by atoms with Crippen molar-refractivity contribution in [1.82, 2.24) is 0 Å². The molecule has 3 fully saturated rings. The molecule has 4 aromatic rings. The molecular formula is C35H33ClO6. The van der Waals surface area contributed by atoms with Gasteiger partial charge in [0.2, 0.25) is 11.6 Å². The topological polar surface area (TPSA) is 66.4 Å². The van der Waals surface area contributed by atoms with Crippen LogP contribution in [0.2, 0.25) is 5.02 Å². The molecule has 0 amide bonds. The van der Waals surface area contributed by atoms with Crippen LogP contribution in [0.15, 0.2) is 97.1 Å². The number of hydrogen-bond acceptors (Lipinski definition) is 6. The van der Waals surface area contributed by atoms with Gasteiger partial charge in [0, 0.05) is 23.4 Å². The molecular weight excluding hydrogens is 552 g/mol. The first-order valence-electron chi connectivity index (χ1n) is 14.4. The summed E-state index contributed by atoms with van der Waals surface area (Å²) in [5.41, 5.74) is 6.28. The van der Waals surface area contributed by atoms with E-state index < -0.39 is 17.7 Å². The molecule has 42 heavy (non-hydrogen) atoms. The zero-order chi connectivity index (χ0) is 28.6. The summed E-state index contributed by atoms with van der Waals surface area (Å²) in [5.74, 6) is -1.46. The van der Waals surface area contributed by atoms with Crippen LogP contribution in [-0.2, 0) is 50.8 Å². The summed E-state index contributed by atoms with van der Waals surface area (Å²) >= 11 is 6.69. The average molecular weight is 585 g/mol. The highest BCUT2D eigenvalue weighted by atomic mass is 35.5. The molecule has 0 radical (unpaired) electrons. The molecule has 0 saturated carbocycles. The van der Waals surface area contributed by atoms with Crippen molar-refractivity contribution in [3.8, 4) is 5.75 Å². The number of halogens is 1. The maximum Gasteiger partial charge on any atom is 0.227 e. The van der Waals surface area contributed by atoms with Crippen LogP contribution in [-0.4, -0.2) is 36.3 Å². The van der Waals surface area contributed by atoms with Crippen LogP contribution in [0.25, 0.3) is 0 Å². The van der Waals surface area contributed by atoms with E-state index in [9.17, 15) is 5.11 Å². The van der Waals surface area contributed by atoms with E-state index in [1.165, 1.54) is 5.56 Å². The Morgan fingerprint density at radius 1 is 0.810 bits per heavy atom. The molecule has 4 aromatic carbocycles. The third kappa shape index (κ3) is 5.24. The Labute approximate surface area is 250 Å². The molecule has 4 aliphatic rings. The van der Waals surface area contributed by atoms with Crippen LogP contribution in [0.1, 0.15) is 39.8 Å². The maximum atomic E-state index is 10.6. The van der Waals surface area contributed by atoms with Crippen LogP contribution in [0.4, 0.5) is 0 Å². The van der Waals surface area contributed by atoms with Crippen molar-refractivity contribution >= 4 is 11.6 Å². The molecule has 4 aliphatic heterocycles. The number of rotatable bonds is 10. The van der Waals surface area contributed by atoms with Crippen LogP contribution < -0.4 is 4.74 Å². The summed E-state index contributed by atoms with van der Waals surface area (Å²) in [5, 5.41) is 11.3. The molecule has 4 heterocycles. The van der Waals surface area contributed by atoms with Crippen molar-refractivity contribution < 1.29 is 28.8 Å². The Kier molecular flexibility index (Phi) is 7.53. The number of aliphatic hydroxyl groups excluding tert-OH is 1. The van der Waals surface area contributed by atoms with Gasteiger partial charge in [-0.3, -0.25) is 0 Å². The standard InChI is InChI=1S/C35H33ClO6/c36-30-13-12-29(19-28(30)18-26-11-14-31-27(17-26)15-16-38-31)34-20-32(39-21-24-7-3-1-4-8-24)33(35(23-37,41-34)42-34)40-22-25-9-5-2-6-10-25/h1-14,17,19,32-33,37H,15-16,18,20-23H2/t32?,33-,34?,35?/m0/s1. The third-order valence-corrected chi connectivity index (χ3v) is 8.72. The molecule has 216 valence electrons. The van der Waals surface area contributed by atoms with E-state index in [0.717, 1.165) is 46.6 Å². The number of hydrogen-bond donors (Lipinski definition) is 1. The van der Waals surface area contributed by atoms with Crippen LogP contribution in [0.5, 0.6) is 5.75 Å². The summed E-state index contributed by atoms with van der Waals surface area (Å²) in [4.78, 5) is 0. The number of fused-ring (bicyclic) bond motifs is 3. The number of ether oxygens (including phenoxy) is 5. The van der Waals surface area contributed by atoms with E-state index in [1.54, 1.807) is 0 Å². The lowest BCUT2D eigenvalue weighted by Crippen LogP contribution is -2.76. The fourth-order valence-corrected chi connectivity index (χ4v) is 6.43. The molecule has 8 rings (SSSR count). The molecule has 2 atom stereocenters. The second-order valence-corrected chi connectivity index (χ2v) is 11.6. The molecule has 7 heteroatoms. The molecule has 0 spiro atoms. The summed E-state index contributed by atoms with van der Waals surface area (Å²) in [7, 11) is 0. The van der Waals surface area contributed by atoms with Gasteiger partial charge in [-0.05, 0) is 52.4 Å². The Morgan fingerprint density at radius 3 is 2.24 bits per heavy atom. The molecule has 1 unspecified atom stereocenters. The van der Waals surface area contributed by atoms with Gasteiger partial charge in [0.05, 0.1) is 25.9 Å². The fourth-order valence-electron chi connectivity index (χ4n) is 6.25. The molecule has 0 aromatic heterocycles. The molecule has 6 nitrogen and oxygen atoms in total. The van der Waals surface area contributed by atoms with Gasteiger partial charge in [0.15, 0.2) is 0 Å². The molecule has 3 saturated heterocycles. The first-order valence-corrected chi connectivity index (χ1v) is 14.8. The highest BCUT2D eigenvalue weighted by Crippen LogP contribution is 2.57. The largest absolute Gasteiger partial charge is 0.493 e. The minimum atomic E-state index is -1.34. The van der Waals surface area contributed by atoms with E-state index in [-0.39, 0.29) is 12.7 Å². The Morgan fingerprint density at radius 2 is 1.52 bits per heavy atom. The summed E-state index contributed by atoms with van der Waals surface area (Å²) in [6.07, 6.45) is 0.965. The lowest BCUT2D eigenvalue weighted by atomic mass is 9.83. The Bertz CT molecular complexity index is 1540. The quantitative estimate of drug-likeness (QED) is 0.235. The van der Waals surface area contributed by atoms with Crippen molar-refractivity contribution in [3.05, 3.63) is 135 Å². The van der Waals surface area contributed by atoms with Crippen LogP contribution in [0, 0.1) is 0 Å². The molecule has 0 aliphatic carbocycles. The third-order valence-electron chi connectivity index (χ3n) is 8.35. The zero-order valence-corrected chi connectivity index (χ0v) is 24.0. The average Bonchev–Trinajstić information content (AvgIpc) is 3.49. The first kappa shape index (κ1) is 27.6. The van der Waals surface area contributed by atoms with E-state index in [4.69, 9.17) is 35.3 Å². The Balaban J connectivity index is 1.16. The monoisotopic (exact) mass is 584 g/mol. The first-order chi connectivity index (χ1) is 20.6. The summed E-state index contributed by atoms with van der Waals surface area (Å²) < 4.78 is 31.6. The van der Waals surface area contributed by atoms with Crippen molar-refractivity contribution in [2.45, 2.75) is 56.3 Å². The SMILES string of the molecule is OCC12OC(c3ccc(Cl)c(Cc4ccc5c(c4)CCO5)c3)(CC(OCc3ccccc3)[C@@H]1OCc1ccccc1)O2. The van der Waals surface area contributed by atoms with Gasteiger partial charge >= 0.3 is 0 Å². The lowest BCUT2D eigenvalue weighted by Gasteiger charge is -2.63. The van der Waals surface area contributed by atoms with Crippen molar-refractivity contribution in [2.24, 2.45) is 0 Å². The maximum absolute atomic E-state index is 10.6. The Hall–Kier alpha value is -3.23. The van der Waals surface area contributed by atoms with Gasteiger partial charge in [-0.25, -0.2) is 0 Å². The van der Waals surface area contributed by atoms with Gasteiger partial charge in [-0.1, -0.05) is 90.5 Å². The highest BCUT2D eigenvalue weighted by Gasteiger charge is 2.70. The minimum Gasteiger partial charge on any atom is -0.493 e. The van der Waals surface area contributed by atoms with Gasteiger partial charge in [0.1, 0.15) is 18.5 Å². The van der Waals surface area contributed by atoms with Gasteiger partial charge in [0.25, 0.3) is 0 Å². The predicted molar refractivity (Wildman–Crippen MR) is 158 cm³/mol. The van der Waals surface area contributed by atoms with E-state index in [2.05, 4.69) is 12.1 Å². The number of benzene rings is 4. The normalized spacial score (nSPS) is 25.9. The second kappa shape index (κ2) is 11.5. The van der Waals surface area contributed by atoms with Crippen molar-refractivity contribution in [1.29, 1.82) is 0 Å². The van der Waals surface area contributed by atoms with Gasteiger partial charge in [-0.2, -0.15) is 0 Å². The van der Waals surface area contributed by atoms with Crippen molar-refractivity contribution in [2.75, 3.05) is 13.2 Å². The van der Waals surface area contributed by atoms with E-state index in [0.29, 0.717) is 31.1 Å². The van der Waals surface area contributed by atoms with E-state index in [1.807, 2.05) is 84.9 Å². The summed E-state index contributed by atoms with van der Waals surface area (Å²) in [6.45, 7) is 1.11. The van der Waals surface area contributed by atoms with Gasteiger partial charge < -0.3 is 28.8 Å². The number of aliphatic hydroxyl groups is 1. The minimum absolute atomic E-state index is 0.342. The molecule has 2 bridgehead atoms. The summed E-state index contributed by atoms with van der Waals surface area (Å²) in [6, 6.07) is 32.1. The van der Waals surface area contributed by atoms with Crippen LogP contribution in [0.3, 0.4) is 0 Å². The zero-order valence-electron chi connectivity index (χ0n) is 23.2.